The number of nitro benzene ring substituents is 1. The van der Waals surface area contributed by atoms with Gasteiger partial charge in [-0.2, -0.15) is 0 Å². The van der Waals surface area contributed by atoms with Crippen molar-refractivity contribution in [2.75, 3.05) is 29.4 Å². The van der Waals surface area contributed by atoms with Gasteiger partial charge in [-0.1, -0.05) is 0 Å². The second-order valence-corrected chi connectivity index (χ2v) is 5.70. The maximum Gasteiger partial charge on any atom is 0.292 e. The molecular formula is C15H19N3O3. The Labute approximate surface area is 123 Å². The van der Waals surface area contributed by atoms with E-state index >= 15 is 0 Å². The van der Waals surface area contributed by atoms with Crippen LogP contribution < -0.4 is 9.80 Å². The van der Waals surface area contributed by atoms with Gasteiger partial charge in [0, 0.05) is 38.3 Å². The number of carbonyl (C=O) groups excluding carboxylic acids is 1. The van der Waals surface area contributed by atoms with Gasteiger partial charge < -0.3 is 9.80 Å². The number of amides is 1. The Morgan fingerprint density at radius 3 is 2.48 bits per heavy atom. The maximum absolute atomic E-state index is 11.7. The molecule has 3 rings (SSSR count). The lowest BCUT2D eigenvalue weighted by atomic mass is 10.1. The Morgan fingerprint density at radius 2 is 1.86 bits per heavy atom. The van der Waals surface area contributed by atoms with E-state index in [2.05, 4.69) is 4.90 Å². The Kier molecular flexibility index (Phi) is 3.53. The smallest absolute Gasteiger partial charge is 0.292 e. The van der Waals surface area contributed by atoms with Crippen molar-refractivity contribution in [2.24, 2.45) is 0 Å². The van der Waals surface area contributed by atoms with E-state index in [0.717, 1.165) is 37.2 Å². The van der Waals surface area contributed by atoms with Crippen molar-refractivity contribution < 1.29 is 9.72 Å². The molecule has 21 heavy (non-hydrogen) atoms. The molecule has 1 saturated heterocycles. The van der Waals surface area contributed by atoms with Crippen LogP contribution in [-0.2, 0) is 11.2 Å². The molecule has 2 aliphatic rings. The Hall–Kier alpha value is -2.11. The SMILES string of the molecule is CC(=O)N1CCc2cc([N+](=O)[O-])c(N3CCCCC3)cc21. The minimum atomic E-state index is -0.305. The number of hydrogen-bond donors (Lipinski definition) is 0. The number of benzene rings is 1. The van der Waals surface area contributed by atoms with Gasteiger partial charge in [0.25, 0.3) is 5.69 Å². The van der Waals surface area contributed by atoms with E-state index in [9.17, 15) is 14.9 Å². The van der Waals surface area contributed by atoms with Gasteiger partial charge in [-0.15, -0.1) is 0 Å². The molecule has 1 aromatic carbocycles. The van der Waals surface area contributed by atoms with Crippen LogP contribution in [0.4, 0.5) is 17.1 Å². The first-order valence-corrected chi connectivity index (χ1v) is 7.42. The van der Waals surface area contributed by atoms with Crippen molar-refractivity contribution in [3.8, 4) is 0 Å². The molecule has 0 aromatic heterocycles. The number of fused-ring (bicyclic) bond motifs is 1. The fourth-order valence-corrected chi connectivity index (χ4v) is 3.27. The van der Waals surface area contributed by atoms with Crippen molar-refractivity contribution in [3.05, 3.63) is 27.8 Å². The lowest BCUT2D eigenvalue weighted by molar-refractivity contribution is -0.384. The normalized spacial score (nSPS) is 17.8. The predicted molar refractivity (Wildman–Crippen MR) is 80.9 cm³/mol. The van der Waals surface area contributed by atoms with Crippen molar-refractivity contribution >= 4 is 23.0 Å². The fraction of sp³-hybridized carbons (Fsp3) is 0.533. The molecule has 0 unspecified atom stereocenters. The summed E-state index contributed by atoms with van der Waals surface area (Å²) in [6, 6.07) is 3.50. The molecule has 0 saturated carbocycles. The second kappa shape index (κ2) is 5.35. The third kappa shape index (κ3) is 2.46. The Bertz CT molecular complexity index is 594. The highest BCUT2D eigenvalue weighted by Crippen LogP contribution is 2.39. The molecule has 2 aliphatic heterocycles. The summed E-state index contributed by atoms with van der Waals surface area (Å²) >= 11 is 0. The highest BCUT2D eigenvalue weighted by atomic mass is 16.6. The second-order valence-electron chi connectivity index (χ2n) is 5.70. The minimum Gasteiger partial charge on any atom is -0.366 e. The van der Waals surface area contributed by atoms with Crippen molar-refractivity contribution in [3.63, 3.8) is 0 Å². The van der Waals surface area contributed by atoms with Crippen LogP contribution in [0.5, 0.6) is 0 Å². The zero-order chi connectivity index (χ0) is 15.0. The van der Waals surface area contributed by atoms with E-state index in [0.29, 0.717) is 18.7 Å². The number of carbonyl (C=O) groups is 1. The van der Waals surface area contributed by atoms with E-state index in [4.69, 9.17) is 0 Å². The molecule has 0 N–H and O–H groups in total. The van der Waals surface area contributed by atoms with E-state index in [1.54, 1.807) is 11.0 Å². The average molecular weight is 289 g/mol. The number of rotatable bonds is 2. The summed E-state index contributed by atoms with van der Waals surface area (Å²) in [5, 5.41) is 11.4. The largest absolute Gasteiger partial charge is 0.366 e. The van der Waals surface area contributed by atoms with Crippen LogP contribution >= 0.6 is 0 Å². The molecule has 112 valence electrons. The van der Waals surface area contributed by atoms with Gasteiger partial charge in [0.2, 0.25) is 5.91 Å². The monoisotopic (exact) mass is 289 g/mol. The first-order chi connectivity index (χ1) is 10.1. The van der Waals surface area contributed by atoms with Crippen LogP contribution in [0.1, 0.15) is 31.7 Å². The summed E-state index contributed by atoms with van der Waals surface area (Å²) in [6.07, 6.45) is 3.99. The number of nitrogens with zero attached hydrogens (tertiary/aromatic N) is 3. The van der Waals surface area contributed by atoms with Crippen LogP contribution in [0, 0.1) is 10.1 Å². The summed E-state index contributed by atoms with van der Waals surface area (Å²) in [7, 11) is 0. The molecule has 6 heteroatoms. The minimum absolute atomic E-state index is 0.00722. The van der Waals surface area contributed by atoms with Gasteiger partial charge in [0.1, 0.15) is 5.69 Å². The average Bonchev–Trinajstić information content (AvgIpc) is 2.89. The van der Waals surface area contributed by atoms with Gasteiger partial charge >= 0.3 is 0 Å². The highest BCUT2D eigenvalue weighted by molar-refractivity contribution is 5.95. The molecule has 1 amide bonds. The van der Waals surface area contributed by atoms with Crippen LogP contribution in [0.25, 0.3) is 0 Å². The van der Waals surface area contributed by atoms with Crippen LogP contribution in [0.3, 0.4) is 0 Å². The quantitative estimate of drug-likeness (QED) is 0.619. The van der Waals surface area contributed by atoms with Gasteiger partial charge in [0.05, 0.1) is 4.92 Å². The molecule has 1 fully saturated rings. The standard InChI is InChI=1S/C15H19N3O3/c1-11(19)17-8-5-12-9-15(18(20)21)14(10-13(12)17)16-6-3-2-4-7-16/h9-10H,2-8H2,1H3. The zero-order valence-electron chi connectivity index (χ0n) is 12.2. The number of hydrogen-bond acceptors (Lipinski definition) is 4. The Balaban J connectivity index is 2.06. The lowest BCUT2D eigenvalue weighted by Crippen LogP contribution is -2.30. The molecule has 1 aromatic rings. The lowest BCUT2D eigenvalue weighted by Gasteiger charge is -2.29. The zero-order valence-corrected chi connectivity index (χ0v) is 12.2. The summed E-state index contributed by atoms with van der Waals surface area (Å²) < 4.78 is 0. The summed E-state index contributed by atoms with van der Waals surface area (Å²) in [6.45, 7) is 3.85. The third-order valence-corrected chi connectivity index (χ3v) is 4.34. The van der Waals surface area contributed by atoms with Gasteiger partial charge in [-0.25, -0.2) is 0 Å². The maximum atomic E-state index is 11.7. The van der Waals surface area contributed by atoms with Crippen LogP contribution in [0.2, 0.25) is 0 Å². The summed E-state index contributed by atoms with van der Waals surface area (Å²) in [5.41, 5.74) is 2.57. The first-order valence-electron chi connectivity index (χ1n) is 7.42. The molecular weight excluding hydrogens is 270 g/mol. The van der Waals surface area contributed by atoms with Crippen molar-refractivity contribution in [1.29, 1.82) is 0 Å². The van der Waals surface area contributed by atoms with Gasteiger partial charge in [-0.3, -0.25) is 14.9 Å². The fourth-order valence-electron chi connectivity index (χ4n) is 3.27. The molecule has 6 nitrogen and oxygen atoms in total. The van der Waals surface area contributed by atoms with Crippen molar-refractivity contribution in [2.45, 2.75) is 32.6 Å². The summed E-state index contributed by atoms with van der Waals surface area (Å²) in [5.74, 6) is -0.00722. The summed E-state index contributed by atoms with van der Waals surface area (Å²) in [4.78, 5) is 26.6. The third-order valence-electron chi connectivity index (χ3n) is 4.34. The molecule has 0 radical (unpaired) electrons. The van der Waals surface area contributed by atoms with E-state index in [1.807, 2.05) is 6.07 Å². The first kappa shape index (κ1) is 13.9. The van der Waals surface area contributed by atoms with Crippen LogP contribution in [0.15, 0.2) is 12.1 Å². The van der Waals surface area contributed by atoms with Crippen molar-refractivity contribution in [1.82, 2.24) is 0 Å². The predicted octanol–water partition coefficient (Wildman–Crippen LogP) is 2.49. The molecule has 0 atom stereocenters. The number of nitro groups is 1. The van der Waals surface area contributed by atoms with E-state index in [-0.39, 0.29) is 16.5 Å². The highest BCUT2D eigenvalue weighted by Gasteiger charge is 2.29. The number of anilines is 2. The van der Waals surface area contributed by atoms with Gasteiger partial charge in [-0.05, 0) is 37.3 Å². The topological polar surface area (TPSA) is 66.7 Å². The number of piperidine rings is 1. The van der Waals surface area contributed by atoms with E-state index < -0.39 is 0 Å². The van der Waals surface area contributed by atoms with E-state index in [1.165, 1.54) is 13.3 Å². The van der Waals surface area contributed by atoms with Crippen LogP contribution in [-0.4, -0.2) is 30.5 Å². The molecule has 0 aliphatic carbocycles. The molecule has 0 spiro atoms. The Morgan fingerprint density at radius 1 is 1.14 bits per heavy atom. The molecule has 2 heterocycles. The molecule has 0 bridgehead atoms. The van der Waals surface area contributed by atoms with Gasteiger partial charge in [0.15, 0.2) is 0 Å².